The maximum absolute atomic E-state index is 5.64. The zero-order valence-electron chi connectivity index (χ0n) is 9.47. The van der Waals surface area contributed by atoms with E-state index < -0.39 is 0 Å². The van der Waals surface area contributed by atoms with Crippen molar-refractivity contribution < 1.29 is 9.30 Å². The first-order valence-corrected chi connectivity index (χ1v) is 5.48. The Labute approximate surface area is 96.1 Å². The van der Waals surface area contributed by atoms with E-state index in [1.807, 2.05) is 42.7 Å². The minimum Gasteiger partial charge on any atom is -0.487 e. The van der Waals surface area contributed by atoms with Gasteiger partial charge in [-0.15, -0.1) is 0 Å². The maximum Gasteiger partial charge on any atom is 0.182 e. The lowest BCUT2D eigenvalue weighted by molar-refractivity contribution is -0.697. The van der Waals surface area contributed by atoms with E-state index in [1.54, 1.807) is 0 Å². The highest BCUT2D eigenvalue weighted by atomic mass is 16.5. The van der Waals surface area contributed by atoms with E-state index in [-0.39, 0.29) is 0 Å². The molecule has 2 heteroatoms. The van der Waals surface area contributed by atoms with Gasteiger partial charge in [0.1, 0.15) is 12.4 Å². The molecule has 1 aromatic heterocycles. The van der Waals surface area contributed by atoms with Crippen molar-refractivity contribution in [2.75, 3.05) is 6.61 Å². The van der Waals surface area contributed by atoms with Gasteiger partial charge < -0.3 is 4.74 Å². The minimum absolute atomic E-state index is 0.692. The van der Waals surface area contributed by atoms with Gasteiger partial charge in [-0.2, -0.15) is 0 Å². The second kappa shape index (κ2) is 5.31. The highest BCUT2D eigenvalue weighted by Crippen LogP contribution is 2.10. The molecule has 0 saturated carbocycles. The molecule has 0 fully saturated rings. The lowest BCUT2D eigenvalue weighted by atomic mass is 10.2. The number of hydrogen-bond donors (Lipinski definition) is 0. The third-order valence-corrected chi connectivity index (χ3v) is 2.42. The van der Waals surface area contributed by atoms with Crippen LogP contribution in [0.3, 0.4) is 0 Å². The maximum atomic E-state index is 5.64. The Kier molecular flexibility index (Phi) is 3.54. The Bertz CT molecular complexity index is 422. The van der Waals surface area contributed by atoms with Gasteiger partial charge in [0.25, 0.3) is 0 Å². The molecule has 0 N–H and O–H groups in total. The molecular formula is C14H16NO+. The van der Waals surface area contributed by atoms with E-state index in [0.29, 0.717) is 6.61 Å². The van der Waals surface area contributed by atoms with Crippen LogP contribution in [0.4, 0.5) is 0 Å². The molecule has 0 aliphatic rings. The van der Waals surface area contributed by atoms with Crippen LogP contribution in [0.2, 0.25) is 0 Å². The quantitative estimate of drug-likeness (QED) is 0.712. The van der Waals surface area contributed by atoms with Gasteiger partial charge in [-0.05, 0) is 19.1 Å². The Morgan fingerprint density at radius 3 is 2.38 bits per heavy atom. The Morgan fingerprint density at radius 2 is 1.69 bits per heavy atom. The third kappa shape index (κ3) is 3.09. The summed E-state index contributed by atoms with van der Waals surface area (Å²) in [7, 11) is 0. The van der Waals surface area contributed by atoms with Gasteiger partial charge in [0.15, 0.2) is 18.9 Å². The summed E-state index contributed by atoms with van der Waals surface area (Å²) in [6.45, 7) is 3.63. The van der Waals surface area contributed by atoms with Crippen molar-refractivity contribution in [1.82, 2.24) is 0 Å². The second-order valence-electron chi connectivity index (χ2n) is 3.77. The average molecular weight is 214 g/mol. The van der Waals surface area contributed by atoms with Crippen molar-refractivity contribution in [3.8, 4) is 5.75 Å². The highest BCUT2D eigenvalue weighted by molar-refractivity contribution is 5.26. The molecule has 2 rings (SSSR count). The SMILES string of the molecule is Cc1ccc(OCC[n+]2ccccc2)cc1. The van der Waals surface area contributed by atoms with Crippen LogP contribution in [0.5, 0.6) is 5.75 Å². The summed E-state index contributed by atoms with van der Waals surface area (Å²) in [5, 5.41) is 0. The van der Waals surface area contributed by atoms with Crippen LogP contribution in [0, 0.1) is 6.92 Å². The van der Waals surface area contributed by atoms with Gasteiger partial charge in [-0.25, -0.2) is 4.57 Å². The summed E-state index contributed by atoms with van der Waals surface area (Å²) >= 11 is 0. The Balaban J connectivity index is 1.82. The highest BCUT2D eigenvalue weighted by Gasteiger charge is 1.98. The summed E-state index contributed by atoms with van der Waals surface area (Å²) in [5.41, 5.74) is 1.25. The number of aromatic nitrogens is 1. The normalized spacial score (nSPS) is 10.1. The molecule has 0 amide bonds. The molecule has 0 atom stereocenters. The van der Waals surface area contributed by atoms with Crippen molar-refractivity contribution in [2.24, 2.45) is 0 Å². The van der Waals surface area contributed by atoms with E-state index in [4.69, 9.17) is 4.74 Å². The van der Waals surface area contributed by atoms with Gasteiger partial charge in [-0.3, -0.25) is 0 Å². The molecule has 1 heterocycles. The van der Waals surface area contributed by atoms with Crippen LogP contribution in [-0.2, 0) is 6.54 Å². The molecule has 16 heavy (non-hydrogen) atoms. The number of benzene rings is 1. The fourth-order valence-corrected chi connectivity index (χ4v) is 1.49. The molecule has 0 spiro atoms. The number of aryl methyl sites for hydroxylation is 1. The molecule has 0 radical (unpaired) electrons. The van der Waals surface area contributed by atoms with Crippen LogP contribution in [-0.4, -0.2) is 6.61 Å². The second-order valence-corrected chi connectivity index (χ2v) is 3.77. The Morgan fingerprint density at radius 1 is 1.00 bits per heavy atom. The first-order valence-electron chi connectivity index (χ1n) is 5.48. The van der Waals surface area contributed by atoms with Gasteiger partial charge in [0, 0.05) is 12.1 Å². The largest absolute Gasteiger partial charge is 0.487 e. The van der Waals surface area contributed by atoms with Crippen LogP contribution in [0.15, 0.2) is 54.9 Å². The van der Waals surface area contributed by atoms with Crippen LogP contribution in [0.1, 0.15) is 5.56 Å². The topological polar surface area (TPSA) is 13.1 Å². The van der Waals surface area contributed by atoms with Crippen molar-refractivity contribution in [3.05, 3.63) is 60.4 Å². The van der Waals surface area contributed by atoms with Crippen LogP contribution in [0.25, 0.3) is 0 Å². The first kappa shape index (κ1) is 10.7. The number of nitrogens with zero attached hydrogens (tertiary/aromatic N) is 1. The number of rotatable bonds is 4. The fraction of sp³-hybridized carbons (Fsp3) is 0.214. The molecule has 82 valence electrons. The lowest BCUT2D eigenvalue weighted by Gasteiger charge is -2.03. The van der Waals surface area contributed by atoms with E-state index in [2.05, 4.69) is 23.6 Å². The van der Waals surface area contributed by atoms with Crippen LogP contribution >= 0.6 is 0 Å². The van der Waals surface area contributed by atoms with Crippen molar-refractivity contribution in [2.45, 2.75) is 13.5 Å². The number of ether oxygens (including phenoxy) is 1. The molecule has 2 nitrogen and oxygen atoms in total. The molecule has 0 aliphatic carbocycles. The average Bonchev–Trinajstić information content (AvgIpc) is 2.33. The third-order valence-electron chi connectivity index (χ3n) is 2.42. The van der Waals surface area contributed by atoms with Gasteiger partial charge in [-0.1, -0.05) is 23.8 Å². The molecular weight excluding hydrogens is 198 g/mol. The summed E-state index contributed by atoms with van der Waals surface area (Å²) in [6.07, 6.45) is 4.08. The molecule has 0 saturated heterocycles. The van der Waals surface area contributed by atoms with Crippen molar-refractivity contribution in [1.29, 1.82) is 0 Å². The first-order chi connectivity index (χ1) is 7.84. The standard InChI is InChI=1S/C14H16NO/c1-13-5-7-14(8-6-13)16-12-11-15-9-3-2-4-10-15/h2-10H,11-12H2,1H3/q+1. The van der Waals surface area contributed by atoms with Crippen molar-refractivity contribution >= 4 is 0 Å². The van der Waals surface area contributed by atoms with Crippen molar-refractivity contribution in [3.63, 3.8) is 0 Å². The van der Waals surface area contributed by atoms with Crippen LogP contribution < -0.4 is 9.30 Å². The molecule has 0 aliphatic heterocycles. The van der Waals surface area contributed by atoms with E-state index >= 15 is 0 Å². The van der Waals surface area contributed by atoms with Gasteiger partial charge >= 0.3 is 0 Å². The number of hydrogen-bond acceptors (Lipinski definition) is 1. The van der Waals surface area contributed by atoms with E-state index in [9.17, 15) is 0 Å². The smallest absolute Gasteiger partial charge is 0.182 e. The summed E-state index contributed by atoms with van der Waals surface area (Å²) in [6, 6.07) is 14.2. The Hall–Kier alpha value is -1.83. The number of pyridine rings is 1. The predicted molar refractivity (Wildman–Crippen MR) is 63.3 cm³/mol. The lowest BCUT2D eigenvalue weighted by Crippen LogP contribution is -2.35. The predicted octanol–water partition coefficient (Wildman–Crippen LogP) is 2.36. The molecule has 0 bridgehead atoms. The van der Waals surface area contributed by atoms with Gasteiger partial charge in [0.05, 0.1) is 0 Å². The molecule has 2 aromatic rings. The fourth-order valence-electron chi connectivity index (χ4n) is 1.49. The molecule has 1 aromatic carbocycles. The monoisotopic (exact) mass is 214 g/mol. The summed E-state index contributed by atoms with van der Waals surface area (Å²) in [5.74, 6) is 0.933. The van der Waals surface area contributed by atoms with Gasteiger partial charge in [0.2, 0.25) is 0 Å². The molecule has 0 unspecified atom stereocenters. The zero-order chi connectivity index (χ0) is 11.2. The minimum atomic E-state index is 0.692. The van der Waals surface area contributed by atoms with E-state index in [1.165, 1.54) is 5.56 Å². The zero-order valence-corrected chi connectivity index (χ0v) is 9.47. The summed E-state index contributed by atoms with van der Waals surface area (Å²) in [4.78, 5) is 0. The van der Waals surface area contributed by atoms with E-state index in [0.717, 1.165) is 12.3 Å². The summed E-state index contributed by atoms with van der Waals surface area (Å²) < 4.78 is 7.75.